The van der Waals surface area contributed by atoms with Crippen molar-refractivity contribution in [3.63, 3.8) is 0 Å². The van der Waals surface area contributed by atoms with E-state index in [-0.39, 0.29) is 17.5 Å². The number of hydrogen-bond donors (Lipinski definition) is 0. The maximum atomic E-state index is 12.2. The van der Waals surface area contributed by atoms with Gasteiger partial charge in [0.25, 0.3) is 5.91 Å². The Morgan fingerprint density at radius 1 is 1.10 bits per heavy atom. The molecule has 7 heteroatoms. The van der Waals surface area contributed by atoms with Crippen molar-refractivity contribution < 1.29 is 13.2 Å². The van der Waals surface area contributed by atoms with E-state index in [0.717, 1.165) is 0 Å². The summed E-state index contributed by atoms with van der Waals surface area (Å²) in [7, 11) is -3.28. The fourth-order valence-corrected chi connectivity index (χ4v) is 3.92. The molecule has 0 aliphatic carbocycles. The van der Waals surface area contributed by atoms with E-state index < -0.39 is 10.0 Å². The number of carbonyl (C=O) groups excluding carboxylic acids is 1. The highest BCUT2D eigenvalue weighted by atomic mass is 35.5. The third-order valence-corrected chi connectivity index (χ3v) is 5.56. The minimum Gasteiger partial charge on any atom is -0.336 e. The van der Waals surface area contributed by atoms with E-state index in [1.807, 2.05) is 18.2 Å². The Morgan fingerprint density at radius 2 is 1.70 bits per heavy atom. The lowest BCUT2D eigenvalue weighted by atomic mass is 10.2. The second kappa shape index (κ2) is 6.56. The predicted octanol–water partition coefficient (Wildman–Crippen LogP) is 1.01. The molecule has 1 amide bonds. The first kappa shape index (κ1) is 15.3. The van der Waals surface area contributed by atoms with Gasteiger partial charge in [-0.2, -0.15) is 4.31 Å². The van der Waals surface area contributed by atoms with Gasteiger partial charge in [0.05, 0.1) is 5.75 Å². The van der Waals surface area contributed by atoms with Crippen molar-refractivity contribution >= 4 is 27.5 Å². The Morgan fingerprint density at radius 3 is 2.25 bits per heavy atom. The number of sulfonamides is 1. The van der Waals surface area contributed by atoms with Gasteiger partial charge in [-0.1, -0.05) is 18.2 Å². The van der Waals surface area contributed by atoms with Gasteiger partial charge in [-0.3, -0.25) is 4.79 Å². The number of amides is 1. The lowest BCUT2D eigenvalue weighted by Crippen LogP contribution is -2.51. The van der Waals surface area contributed by atoms with Gasteiger partial charge in [-0.05, 0) is 12.1 Å². The van der Waals surface area contributed by atoms with Gasteiger partial charge < -0.3 is 4.90 Å². The highest BCUT2D eigenvalue weighted by molar-refractivity contribution is 7.89. The van der Waals surface area contributed by atoms with Crippen molar-refractivity contribution in [2.75, 3.05) is 37.8 Å². The largest absolute Gasteiger partial charge is 0.336 e. The SMILES string of the molecule is O=C(c1ccccc1)N1CCN(S(=O)(=O)CCCl)CC1. The molecule has 1 aromatic rings. The van der Waals surface area contributed by atoms with E-state index in [9.17, 15) is 13.2 Å². The van der Waals surface area contributed by atoms with Crippen molar-refractivity contribution in [2.24, 2.45) is 0 Å². The first-order valence-corrected chi connectivity index (χ1v) is 8.57. The van der Waals surface area contributed by atoms with E-state index in [4.69, 9.17) is 11.6 Å². The molecule has 0 saturated carbocycles. The number of halogens is 1. The molecule has 0 unspecified atom stereocenters. The van der Waals surface area contributed by atoms with Crippen LogP contribution >= 0.6 is 11.6 Å². The normalized spacial score (nSPS) is 17.1. The smallest absolute Gasteiger partial charge is 0.253 e. The third kappa shape index (κ3) is 3.50. The topological polar surface area (TPSA) is 57.7 Å². The minimum absolute atomic E-state index is 0.0544. The molecule has 20 heavy (non-hydrogen) atoms. The molecule has 1 heterocycles. The molecule has 1 aromatic carbocycles. The zero-order chi connectivity index (χ0) is 14.6. The summed E-state index contributed by atoms with van der Waals surface area (Å²) in [5, 5.41) is 0. The molecular formula is C13H17ClN2O3S. The quantitative estimate of drug-likeness (QED) is 0.779. The summed E-state index contributed by atoms with van der Waals surface area (Å²) >= 11 is 5.49. The summed E-state index contributed by atoms with van der Waals surface area (Å²) in [6.45, 7) is 1.49. The Kier molecular flexibility index (Phi) is 5.01. The molecule has 0 spiro atoms. The van der Waals surface area contributed by atoms with Crippen LogP contribution in [-0.4, -0.2) is 61.3 Å². The first-order valence-electron chi connectivity index (χ1n) is 6.43. The molecule has 1 saturated heterocycles. The van der Waals surface area contributed by atoms with Crippen LogP contribution < -0.4 is 0 Å². The lowest BCUT2D eigenvalue weighted by Gasteiger charge is -2.34. The molecule has 5 nitrogen and oxygen atoms in total. The number of carbonyl (C=O) groups is 1. The first-order chi connectivity index (χ1) is 9.54. The Balaban J connectivity index is 1.97. The van der Waals surface area contributed by atoms with E-state index in [0.29, 0.717) is 31.7 Å². The third-order valence-electron chi connectivity index (χ3n) is 3.28. The highest BCUT2D eigenvalue weighted by Crippen LogP contribution is 2.12. The van der Waals surface area contributed by atoms with Crippen LogP contribution in [0.4, 0.5) is 0 Å². The van der Waals surface area contributed by atoms with E-state index in [2.05, 4.69) is 0 Å². The predicted molar refractivity (Wildman–Crippen MR) is 78.4 cm³/mol. The molecule has 1 aliphatic rings. The van der Waals surface area contributed by atoms with Crippen LogP contribution in [0.1, 0.15) is 10.4 Å². The van der Waals surface area contributed by atoms with Crippen LogP contribution in [0.15, 0.2) is 30.3 Å². The van der Waals surface area contributed by atoms with Crippen molar-refractivity contribution in [2.45, 2.75) is 0 Å². The molecule has 0 atom stereocenters. The molecule has 0 radical (unpaired) electrons. The van der Waals surface area contributed by atoms with E-state index >= 15 is 0 Å². The van der Waals surface area contributed by atoms with Crippen LogP contribution in [0, 0.1) is 0 Å². The van der Waals surface area contributed by atoms with Gasteiger partial charge in [0, 0.05) is 37.6 Å². The summed E-state index contributed by atoms with van der Waals surface area (Å²) < 4.78 is 25.1. The summed E-state index contributed by atoms with van der Waals surface area (Å²) in [6, 6.07) is 9.01. The summed E-state index contributed by atoms with van der Waals surface area (Å²) in [5.74, 6) is -0.0212. The molecule has 0 N–H and O–H groups in total. The van der Waals surface area contributed by atoms with Crippen molar-refractivity contribution in [1.82, 2.24) is 9.21 Å². The zero-order valence-corrected chi connectivity index (χ0v) is 12.6. The van der Waals surface area contributed by atoms with Crippen LogP contribution in [0.5, 0.6) is 0 Å². The van der Waals surface area contributed by atoms with Crippen molar-refractivity contribution in [3.05, 3.63) is 35.9 Å². The zero-order valence-electron chi connectivity index (χ0n) is 11.0. The van der Waals surface area contributed by atoms with Gasteiger partial charge in [0.15, 0.2) is 0 Å². The van der Waals surface area contributed by atoms with Crippen LogP contribution in [-0.2, 0) is 10.0 Å². The molecule has 1 fully saturated rings. The Bertz CT molecular complexity index is 554. The number of hydrogen-bond acceptors (Lipinski definition) is 3. The standard InChI is InChI=1S/C13H17ClN2O3S/c14-6-11-20(18,19)16-9-7-15(8-10-16)13(17)12-4-2-1-3-5-12/h1-5H,6-11H2. The van der Waals surface area contributed by atoms with Gasteiger partial charge in [0.2, 0.25) is 10.0 Å². The monoisotopic (exact) mass is 316 g/mol. The number of rotatable bonds is 4. The van der Waals surface area contributed by atoms with Gasteiger partial charge >= 0.3 is 0 Å². The van der Waals surface area contributed by atoms with Gasteiger partial charge in [-0.15, -0.1) is 11.6 Å². The fraction of sp³-hybridized carbons (Fsp3) is 0.462. The molecule has 110 valence electrons. The van der Waals surface area contributed by atoms with Crippen LogP contribution in [0.25, 0.3) is 0 Å². The van der Waals surface area contributed by atoms with E-state index in [1.165, 1.54) is 4.31 Å². The van der Waals surface area contributed by atoms with Crippen LogP contribution in [0.3, 0.4) is 0 Å². The second-order valence-corrected chi connectivity index (χ2v) is 7.03. The summed E-state index contributed by atoms with van der Waals surface area (Å²) in [4.78, 5) is 13.9. The Labute approximate surface area is 124 Å². The molecule has 0 aromatic heterocycles. The van der Waals surface area contributed by atoms with Gasteiger partial charge in [-0.25, -0.2) is 8.42 Å². The van der Waals surface area contributed by atoms with Gasteiger partial charge in [0.1, 0.15) is 0 Å². The highest BCUT2D eigenvalue weighted by Gasteiger charge is 2.28. The number of nitrogens with zero attached hydrogens (tertiary/aromatic N) is 2. The summed E-state index contributed by atoms with van der Waals surface area (Å²) in [6.07, 6.45) is 0. The number of benzene rings is 1. The van der Waals surface area contributed by atoms with Crippen LogP contribution in [0.2, 0.25) is 0 Å². The molecule has 1 aliphatic heterocycles. The summed E-state index contributed by atoms with van der Waals surface area (Å²) in [5.41, 5.74) is 0.629. The fourth-order valence-electron chi connectivity index (χ4n) is 2.16. The minimum atomic E-state index is -3.28. The molecule has 0 bridgehead atoms. The van der Waals surface area contributed by atoms with E-state index in [1.54, 1.807) is 17.0 Å². The molecule has 2 rings (SSSR count). The number of piperazine rings is 1. The molecular weight excluding hydrogens is 300 g/mol. The average molecular weight is 317 g/mol. The Hall–Kier alpha value is -1.11. The van der Waals surface area contributed by atoms with Crippen molar-refractivity contribution in [1.29, 1.82) is 0 Å². The maximum Gasteiger partial charge on any atom is 0.253 e. The number of alkyl halides is 1. The van der Waals surface area contributed by atoms with Crippen molar-refractivity contribution in [3.8, 4) is 0 Å². The second-order valence-electron chi connectivity index (χ2n) is 4.56. The average Bonchev–Trinajstić information content (AvgIpc) is 2.47. The maximum absolute atomic E-state index is 12.2. The lowest BCUT2D eigenvalue weighted by molar-refractivity contribution is 0.0698.